The highest BCUT2D eigenvalue weighted by atomic mass is 16.4. The number of rotatable bonds is 4. The number of carbonyl (C=O) groups is 1. The molecule has 4 aliphatic rings. The molecule has 0 heterocycles. The first-order chi connectivity index (χ1) is 14.0. The maximum Gasteiger partial charge on any atom is 0.307 e. The summed E-state index contributed by atoms with van der Waals surface area (Å²) in [7, 11) is 0. The van der Waals surface area contributed by atoms with Crippen molar-refractivity contribution in [1.29, 1.82) is 0 Å². The fraction of sp³-hybridized carbons (Fsp3) is 0.880. The standard InChI is InChI=1S/C25H40O5/c1-13(9-22(29)30)14(2)17-5-6-18-23-19(12-21(28)25(17,18)4)24(3)8-7-16(26)10-15(24)11-20(23)27/h14-21,23,26-28H,1,5-12H2,2-4H3,(H,29,30). The third-order valence-electron chi connectivity index (χ3n) is 10.5. The maximum absolute atomic E-state index is 11.5. The first-order valence-corrected chi connectivity index (χ1v) is 11.9. The molecule has 4 rings (SSSR count). The Hall–Kier alpha value is -0.910. The maximum atomic E-state index is 11.5. The molecular weight excluding hydrogens is 380 g/mol. The van der Waals surface area contributed by atoms with Gasteiger partial charge in [0.25, 0.3) is 0 Å². The van der Waals surface area contributed by atoms with E-state index in [4.69, 9.17) is 0 Å². The molecule has 0 amide bonds. The lowest BCUT2D eigenvalue weighted by Crippen LogP contribution is -2.62. The van der Waals surface area contributed by atoms with Gasteiger partial charge in [0.1, 0.15) is 0 Å². The van der Waals surface area contributed by atoms with E-state index in [9.17, 15) is 25.2 Å². The fourth-order valence-electron chi connectivity index (χ4n) is 8.66. The molecule has 0 spiro atoms. The van der Waals surface area contributed by atoms with Crippen LogP contribution in [0.4, 0.5) is 0 Å². The van der Waals surface area contributed by atoms with E-state index in [0.29, 0.717) is 12.3 Å². The number of aliphatic carboxylic acids is 1. The monoisotopic (exact) mass is 420 g/mol. The van der Waals surface area contributed by atoms with E-state index in [1.54, 1.807) is 0 Å². The van der Waals surface area contributed by atoms with Gasteiger partial charge in [0.05, 0.1) is 24.7 Å². The number of fused-ring (bicyclic) bond motifs is 5. The van der Waals surface area contributed by atoms with Crippen molar-refractivity contribution in [1.82, 2.24) is 0 Å². The molecule has 170 valence electrons. The average molecular weight is 421 g/mol. The van der Waals surface area contributed by atoms with E-state index in [1.807, 2.05) is 0 Å². The Morgan fingerprint density at radius 3 is 2.43 bits per heavy atom. The van der Waals surface area contributed by atoms with Gasteiger partial charge < -0.3 is 20.4 Å². The average Bonchev–Trinajstić information content (AvgIpc) is 3.01. The number of aliphatic hydroxyl groups excluding tert-OH is 3. The largest absolute Gasteiger partial charge is 0.481 e. The van der Waals surface area contributed by atoms with E-state index in [1.165, 1.54) is 0 Å². The second-order valence-corrected chi connectivity index (χ2v) is 11.5. The normalized spacial score (nSPS) is 51.4. The third kappa shape index (κ3) is 3.18. The zero-order valence-corrected chi connectivity index (χ0v) is 18.8. The summed E-state index contributed by atoms with van der Waals surface area (Å²) >= 11 is 0. The molecule has 0 aromatic carbocycles. The molecule has 5 heteroatoms. The van der Waals surface area contributed by atoms with E-state index in [-0.39, 0.29) is 59.0 Å². The molecule has 30 heavy (non-hydrogen) atoms. The van der Waals surface area contributed by atoms with Gasteiger partial charge in [0.2, 0.25) is 0 Å². The number of carboxylic acid groups (broad SMARTS) is 1. The van der Waals surface area contributed by atoms with Crippen LogP contribution in [0.1, 0.15) is 72.1 Å². The summed E-state index contributed by atoms with van der Waals surface area (Å²) in [6.07, 6.45) is 4.82. The molecule has 0 radical (unpaired) electrons. The van der Waals surface area contributed by atoms with Gasteiger partial charge in [0.15, 0.2) is 0 Å². The van der Waals surface area contributed by atoms with Gasteiger partial charge in [-0.3, -0.25) is 4.79 Å². The molecular formula is C25H40O5. The topological polar surface area (TPSA) is 98.0 Å². The van der Waals surface area contributed by atoms with Gasteiger partial charge in [-0.2, -0.15) is 0 Å². The van der Waals surface area contributed by atoms with Crippen molar-refractivity contribution in [3.63, 3.8) is 0 Å². The van der Waals surface area contributed by atoms with E-state index >= 15 is 0 Å². The molecule has 0 aromatic heterocycles. The van der Waals surface area contributed by atoms with E-state index in [0.717, 1.165) is 44.1 Å². The lowest BCUT2D eigenvalue weighted by Gasteiger charge is -2.63. The summed E-state index contributed by atoms with van der Waals surface area (Å²) < 4.78 is 0. The minimum atomic E-state index is -0.850. The Bertz CT molecular complexity index is 706. The van der Waals surface area contributed by atoms with Crippen LogP contribution in [-0.2, 0) is 4.79 Å². The summed E-state index contributed by atoms with van der Waals surface area (Å²) in [6.45, 7) is 10.7. The fourth-order valence-corrected chi connectivity index (χ4v) is 8.66. The van der Waals surface area contributed by atoms with Crippen molar-refractivity contribution in [2.45, 2.75) is 90.4 Å². The van der Waals surface area contributed by atoms with Crippen molar-refractivity contribution < 1.29 is 25.2 Å². The van der Waals surface area contributed by atoms with Crippen molar-refractivity contribution >= 4 is 5.97 Å². The summed E-state index contributed by atoms with van der Waals surface area (Å²) in [5.74, 6) is 0.406. The van der Waals surface area contributed by atoms with Crippen molar-refractivity contribution in [3.8, 4) is 0 Å². The SMILES string of the molecule is C=C(CC(=O)O)C(C)C1CCC2C3C(O)CC4CC(O)CCC4(C)C3CC(O)C12C. The minimum Gasteiger partial charge on any atom is -0.481 e. The minimum absolute atomic E-state index is 0.0226. The lowest BCUT2D eigenvalue weighted by atomic mass is 9.43. The van der Waals surface area contributed by atoms with Crippen LogP contribution in [0.25, 0.3) is 0 Å². The summed E-state index contributed by atoms with van der Waals surface area (Å²) in [4.78, 5) is 11.2. The first-order valence-electron chi connectivity index (χ1n) is 11.9. The van der Waals surface area contributed by atoms with Crippen LogP contribution in [0.15, 0.2) is 12.2 Å². The number of aliphatic hydroxyl groups is 3. The highest BCUT2D eigenvalue weighted by Crippen LogP contribution is 2.68. The van der Waals surface area contributed by atoms with Gasteiger partial charge in [-0.15, -0.1) is 0 Å². The van der Waals surface area contributed by atoms with Gasteiger partial charge >= 0.3 is 5.97 Å². The zero-order valence-electron chi connectivity index (χ0n) is 18.8. The number of hydrogen-bond acceptors (Lipinski definition) is 4. The Labute approximate surface area is 180 Å². The van der Waals surface area contributed by atoms with Crippen LogP contribution in [0, 0.1) is 46.3 Å². The summed E-state index contributed by atoms with van der Waals surface area (Å²) in [5.41, 5.74) is 0.490. The Balaban J connectivity index is 1.63. The first kappa shape index (κ1) is 22.3. The van der Waals surface area contributed by atoms with Gasteiger partial charge in [-0.25, -0.2) is 0 Å². The predicted molar refractivity (Wildman–Crippen MR) is 115 cm³/mol. The molecule has 11 atom stereocenters. The molecule has 0 aromatic rings. The number of carboxylic acids is 1. The molecule has 4 saturated carbocycles. The van der Waals surface area contributed by atoms with E-state index in [2.05, 4.69) is 27.4 Å². The van der Waals surface area contributed by atoms with Crippen LogP contribution in [0.2, 0.25) is 0 Å². The molecule has 4 aliphatic carbocycles. The van der Waals surface area contributed by atoms with Crippen LogP contribution in [0.5, 0.6) is 0 Å². The third-order valence-corrected chi connectivity index (χ3v) is 10.5. The highest BCUT2D eigenvalue weighted by Gasteiger charge is 2.65. The second-order valence-electron chi connectivity index (χ2n) is 11.5. The van der Waals surface area contributed by atoms with Crippen molar-refractivity contribution in [3.05, 3.63) is 12.2 Å². The van der Waals surface area contributed by atoms with Crippen LogP contribution < -0.4 is 0 Å². The van der Waals surface area contributed by atoms with Gasteiger partial charge in [-0.05, 0) is 85.9 Å². The predicted octanol–water partition coefficient (Wildman–Crippen LogP) is 3.61. The Kier molecular flexibility index (Phi) is 5.64. The molecule has 4 N–H and O–H groups in total. The van der Waals surface area contributed by atoms with Crippen molar-refractivity contribution in [2.75, 3.05) is 0 Å². The molecule has 0 saturated heterocycles. The van der Waals surface area contributed by atoms with Crippen LogP contribution in [0.3, 0.4) is 0 Å². The smallest absolute Gasteiger partial charge is 0.307 e. The highest BCUT2D eigenvalue weighted by molar-refractivity contribution is 5.69. The Morgan fingerprint density at radius 1 is 1.07 bits per heavy atom. The summed E-state index contributed by atoms with van der Waals surface area (Å²) in [6, 6.07) is 0. The summed E-state index contributed by atoms with van der Waals surface area (Å²) in [5, 5.41) is 42.2. The van der Waals surface area contributed by atoms with Gasteiger partial charge in [0, 0.05) is 5.41 Å². The number of hydrogen-bond donors (Lipinski definition) is 4. The van der Waals surface area contributed by atoms with Crippen molar-refractivity contribution in [2.24, 2.45) is 46.3 Å². The zero-order chi connectivity index (χ0) is 22.0. The molecule has 5 nitrogen and oxygen atoms in total. The molecule has 11 unspecified atom stereocenters. The molecule has 0 bridgehead atoms. The van der Waals surface area contributed by atoms with Crippen LogP contribution >= 0.6 is 0 Å². The van der Waals surface area contributed by atoms with E-state index < -0.39 is 12.1 Å². The van der Waals surface area contributed by atoms with Crippen LogP contribution in [-0.4, -0.2) is 44.7 Å². The quantitative estimate of drug-likeness (QED) is 0.521. The molecule has 4 fully saturated rings. The lowest BCUT2D eigenvalue weighted by molar-refractivity contribution is -0.206. The second kappa shape index (κ2) is 7.60. The Morgan fingerprint density at radius 2 is 1.77 bits per heavy atom. The van der Waals surface area contributed by atoms with Gasteiger partial charge in [-0.1, -0.05) is 32.9 Å². The molecule has 0 aliphatic heterocycles.